The van der Waals surface area contributed by atoms with Crippen molar-refractivity contribution in [3.63, 3.8) is 0 Å². The van der Waals surface area contributed by atoms with Gasteiger partial charge in [0.05, 0.1) is 63.4 Å². The van der Waals surface area contributed by atoms with Crippen LogP contribution < -0.4 is 35.1 Å². The monoisotopic (exact) mass is 1260 g/mol. The third-order valence-electron chi connectivity index (χ3n) is 12.1. The number of aromatic nitrogens is 8. The van der Waals surface area contributed by atoms with Crippen molar-refractivity contribution in [3.05, 3.63) is 73.3 Å². The number of carbonyl (C=O) groups is 2. The number of nitrogens with one attached hydrogen (secondary N) is 1. The molecule has 12 atom stereocenters. The van der Waals surface area contributed by atoms with Crippen LogP contribution in [0.4, 0.5) is 20.7 Å². The van der Waals surface area contributed by atoms with Crippen LogP contribution >= 0.6 is 35.6 Å². The third kappa shape index (κ3) is 17.1. The molecule has 2 fully saturated rings. The van der Waals surface area contributed by atoms with Gasteiger partial charge < -0.3 is 74.2 Å². The fourth-order valence-corrected chi connectivity index (χ4v) is 12.0. The summed E-state index contributed by atoms with van der Waals surface area (Å²) in [5.41, 5.74) is 8.49. The SMILES string of the molecule is CC(C)OC(=O)[C@H](C)CP(=O)(Cl)Oc1ccccc1.CCOc1nc(N)nc2c1ncn2[C@@H]1O[C@H](CO)[C@@H](F)[C@@]1(C)O.CCOc1nc(N)nc2c1ncn2[C@@H]1O[C@H](COP(=O)(N[C@@H](C)C(=O)OC(C)C)Oc2ccccc2)[C@@H](F)[C@@]1(C)O.[PH2-]. The van der Waals surface area contributed by atoms with Crippen molar-refractivity contribution in [1.29, 1.82) is 0 Å². The average Bonchev–Trinajstić information content (AvgIpc) is 2.12. The van der Waals surface area contributed by atoms with Gasteiger partial charge in [-0.05, 0) is 97.8 Å². The molecule has 8 rings (SSSR count). The van der Waals surface area contributed by atoms with Crippen molar-refractivity contribution in [1.82, 2.24) is 44.1 Å². The Morgan fingerprint density at radius 2 is 1.15 bits per heavy atom. The molecule has 4 aromatic heterocycles. The predicted molar refractivity (Wildman–Crippen MR) is 308 cm³/mol. The lowest BCUT2D eigenvalue weighted by molar-refractivity contribution is -0.151. The Morgan fingerprint density at radius 3 is 1.58 bits per heavy atom. The molecule has 2 unspecified atom stereocenters. The Kier molecular flexibility index (Phi) is 24.1. The van der Waals surface area contributed by atoms with E-state index in [9.17, 15) is 38.4 Å². The first-order chi connectivity index (χ1) is 39.0. The normalized spacial score (nSPS) is 24.1. The predicted octanol–water partition coefficient (Wildman–Crippen LogP) is 7.12. The number of aliphatic hydroxyl groups is 3. The van der Waals surface area contributed by atoms with E-state index in [-0.39, 0.29) is 75.0 Å². The van der Waals surface area contributed by atoms with Crippen molar-refractivity contribution in [2.45, 2.75) is 136 Å². The van der Waals surface area contributed by atoms with Gasteiger partial charge in [-0.2, -0.15) is 25.0 Å². The molecule has 0 radical (unpaired) electrons. The standard InChI is InChI=1S/C25H34FN6O8P.C13H18ClO4P.C13H18FN5O4.H2P/c1-6-36-21-18-20(29-24(27)30-21)32(13-28-18)23-25(5,34)19(26)17(39-23)12-37-41(35,40-16-10-8-7-9-11-16)31-15(4)22(33)38-14(2)3;1-10(2)17-13(15)11(3)9-19(14,16)18-12-7-5-4-6-8-12;1-3-22-10-7-9(17-12(15)18-10)19(5-16-7)11-13(2,21)8(14)6(4-20)23-11;/h7-11,13-15,17,19,23,34H,6,12H2,1-5H3,(H,31,35)(H2,27,29,30);4-8,10-11H,9H2,1-3H3;5-6,8,11,20-21H,3-4H2,1-2H3,(H2,15,17,18);1H2/q;;;-1/t15-,17+,19+,23+,25+,41?;11-,19?;6-,8-,11-,13-;/m011./s1. The number of benzene rings is 2. The second-order valence-electron chi connectivity index (χ2n) is 19.9. The summed E-state index contributed by atoms with van der Waals surface area (Å²) in [5, 5.41) is 33.3. The van der Waals surface area contributed by atoms with Crippen molar-refractivity contribution >= 4 is 81.8 Å². The zero-order valence-electron chi connectivity index (χ0n) is 47.7. The van der Waals surface area contributed by atoms with Gasteiger partial charge in [-0.3, -0.25) is 27.8 Å². The number of imidazole rings is 2. The number of esters is 2. The van der Waals surface area contributed by atoms with Crippen LogP contribution in [-0.2, 0) is 42.2 Å². The van der Waals surface area contributed by atoms with Gasteiger partial charge in [0.15, 0.2) is 47.1 Å². The van der Waals surface area contributed by atoms with Gasteiger partial charge in [0, 0.05) is 0 Å². The minimum Gasteiger partial charge on any atom is -0.577 e. The van der Waals surface area contributed by atoms with Crippen LogP contribution in [-0.4, -0.2) is 153 Å². The number of rotatable bonds is 22. The lowest BCUT2D eigenvalue weighted by atomic mass is 9.98. The molecule has 0 spiro atoms. The van der Waals surface area contributed by atoms with Crippen LogP contribution in [0.5, 0.6) is 23.3 Å². The number of hydrogen-bond acceptors (Lipinski definition) is 24. The molecule has 2 aliphatic heterocycles. The fourth-order valence-electron chi connectivity index (χ4n) is 8.29. The van der Waals surface area contributed by atoms with E-state index in [0.717, 1.165) is 0 Å². The molecule has 33 heteroatoms. The summed E-state index contributed by atoms with van der Waals surface area (Å²) in [6.45, 7) is 12.0. The number of nitrogen functional groups attached to an aromatic ring is 2. The van der Waals surface area contributed by atoms with Crippen LogP contribution in [0.25, 0.3) is 22.3 Å². The highest BCUT2D eigenvalue weighted by molar-refractivity contribution is 7.85. The number of alkyl halides is 2. The molecule has 0 bridgehead atoms. The summed E-state index contributed by atoms with van der Waals surface area (Å²) in [5.74, 6) is -0.937. The highest BCUT2D eigenvalue weighted by Gasteiger charge is 2.56. The molecule has 0 aliphatic carbocycles. The van der Waals surface area contributed by atoms with Gasteiger partial charge in [-0.15, -0.1) is 0 Å². The molecule has 464 valence electrons. The van der Waals surface area contributed by atoms with Crippen molar-refractivity contribution in [3.8, 4) is 23.3 Å². The Bertz CT molecular complexity index is 3230. The molecule has 2 saturated heterocycles. The third-order valence-corrected chi connectivity index (χ3v) is 15.8. The molecular weight excluding hydrogens is 1190 g/mol. The van der Waals surface area contributed by atoms with E-state index >= 15 is 4.39 Å². The largest absolute Gasteiger partial charge is 0.577 e. The highest BCUT2D eigenvalue weighted by Crippen LogP contribution is 2.54. The molecule has 0 amide bonds. The Balaban J connectivity index is 0.000000253. The van der Waals surface area contributed by atoms with E-state index in [4.69, 9.17) is 64.7 Å². The maximum atomic E-state index is 15.6. The van der Waals surface area contributed by atoms with E-state index in [0.29, 0.717) is 17.9 Å². The number of ether oxygens (including phenoxy) is 6. The Hall–Kier alpha value is -5.96. The first-order valence-corrected chi connectivity index (χ1v) is 30.4. The van der Waals surface area contributed by atoms with Crippen LogP contribution in [0.15, 0.2) is 73.3 Å². The van der Waals surface area contributed by atoms with E-state index in [1.807, 2.05) is 6.07 Å². The van der Waals surface area contributed by atoms with E-state index in [1.165, 1.54) is 54.7 Å². The van der Waals surface area contributed by atoms with Gasteiger partial charge in [0.25, 0.3) is 0 Å². The van der Waals surface area contributed by atoms with Crippen LogP contribution in [0.3, 0.4) is 0 Å². The lowest BCUT2D eigenvalue weighted by Crippen LogP contribution is -2.42. The number of carbonyl (C=O) groups excluding carboxylic acids is 2. The number of anilines is 2. The van der Waals surface area contributed by atoms with E-state index in [2.05, 4.69) is 35.0 Å². The smallest absolute Gasteiger partial charge is 0.459 e. The number of hydrogen-bond donors (Lipinski definition) is 6. The molecule has 2 aromatic carbocycles. The highest BCUT2D eigenvalue weighted by atomic mass is 35.7. The topological polar surface area (TPSA) is 363 Å². The van der Waals surface area contributed by atoms with Gasteiger partial charge in [0.1, 0.15) is 41.0 Å². The maximum absolute atomic E-state index is 15.6. The summed E-state index contributed by atoms with van der Waals surface area (Å²) in [6, 6.07) is 15.6. The molecule has 27 nitrogen and oxygen atoms in total. The second kappa shape index (κ2) is 29.4. The number of aliphatic hydroxyl groups excluding tert-OH is 1. The average molecular weight is 1260 g/mol. The van der Waals surface area contributed by atoms with Gasteiger partial charge in [-0.1, -0.05) is 43.3 Å². The summed E-state index contributed by atoms with van der Waals surface area (Å²) in [7, 11) is -4.31. The van der Waals surface area contributed by atoms with Gasteiger partial charge >= 0.3 is 26.4 Å². The van der Waals surface area contributed by atoms with Crippen LogP contribution in [0.2, 0.25) is 0 Å². The molecule has 6 aromatic rings. The first-order valence-electron chi connectivity index (χ1n) is 26.2. The Morgan fingerprint density at radius 1 is 0.726 bits per heavy atom. The molecule has 2 aliphatic rings. The van der Waals surface area contributed by atoms with Crippen LogP contribution in [0, 0.1) is 5.92 Å². The minimum absolute atomic E-state index is 0. The van der Waals surface area contributed by atoms with E-state index < -0.39 is 106 Å². The summed E-state index contributed by atoms with van der Waals surface area (Å²) >= 11 is 5.87. The summed E-state index contributed by atoms with van der Waals surface area (Å²) < 4.78 is 107. The molecule has 8 N–H and O–H groups in total. The second-order valence-corrected chi connectivity index (χ2v) is 24.8. The molecule has 84 heavy (non-hydrogen) atoms. The van der Waals surface area contributed by atoms with Crippen molar-refractivity contribution < 1.29 is 84.8 Å². The lowest BCUT2D eigenvalue weighted by Gasteiger charge is -2.26. The molecule has 6 heterocycles. The summed E-state index contributed by atoms with van der Waals surface area (Å²) in [6.07, 6.45) is -6.83. The minimum atomic E-state index is -4.31. The Labute approximate surface area is 491 Å². The maximum Gasteiger partial charge on any atom is 0.459 e. The zero-order chi connectivity index (χ0) is 61.2. The van der Waals surface area contributed by atoms with E-state index in [1.54, 1.807) is 90.9 Å². The van der Waals surface area contributed by atoms with Crippen molar-refractivity contribution in [2.75, 3.05) is 44.1 Å². The molecular formula is C51H72ClF2N11O16P3-. The quantitative estimate of drug-likeness (QED) is 0.0291. The number of nitrogens with two attached hydrogens (primary N) is 2. The number of nitrogens with zero attached hydrogens (tertiary/aromatic N) is 8. The van der Waals surface area contributed by atoms with Gasteiger partial charge in [0.2, 0.25) is 23.7 Å². The van der Waals surface area contributed by atoms with Gasteiger partial charge in [-0.25, -0.2) is 23.3 Å². The number of halogens is 3. The fraction of sp³-hybridized carbons (Fsp3) is 0.529. The number of para-hydroxylation sites is 2. The molecule has 0 saturated carbocycles. The zero-order valence-corrected chi connectivity index (χ0v) is 51.4. The van der Waals surface area contributed by atoms with Crippen molar-refractivity contribution in [2.24, 2.45) is 5.92 Å². The number of fused-ring (bicyclic) bond motifs is 2. The first kappa shape index (κ1) is 68.8. The van der Waals surface area contributed by atoms with Crippen LogP contribution in [0.1, 0.15) is 81.7 Å². The summed E-state index contributed by atoms with van der Waals surface area (Å²) in [4.78, 5) is 48.6.